The molecule has 1 unspecified atom stereocenters. The lowest BCUT2D eigenvalue weighted by Crippen LogP contribution is -2.27. The maximum atomic E-state index is 11.8. The zero-order valence-electron chi connectivity index (χ0n) is 10.7. The Kier molecular flexibility index (Phi) is 4.58. The molecule has 4 nitrogen and oxygen atoms in total. The number of benzene rings is 1. The quantitative estimate of drug-likeness (QED) is 0.913. The Morgan fingerprint density at radius 3 is 2.79 bits per heavy atom. The van der Waals surface area contributed by atoms with E-state index >= 15 is 0 Å². The van der Waals surface area contributed by atoms with Gasteiger partial charge in [0.25, 0.3) is 0 Å². The monoisotopic (exact) mass is 277 g/mol. The molecular weight excluding hydrogens is 262 g/mol. The van der Waals surface area contributed by atoms with E-state index in [1.807, 2.05) is 37.3 Å². The number of rotatable bonds is 5. The third-order valence-corrected chi connectivity index (χ3v) is 3.04. The van der Waals surface area contributed by atoms with Gasteiger partial charge in [0.05, 0.1) is 17.3 Å². The van der Waals surface area contributed by atoms with Crippen molar-refractivity contribution in [3.05, 3.63) is 53.3 Å². The van der Waals surface area contributed by atoms with E-state index in [0.29, 0.717) is 18.0 Å². The molecule has 0 saturated heterocycles. The molecule has 0 aliphatic rings. The fourth-order valence-electron chi connectivity index (χ4n) is 1.82. The number of aryl methyl sites for hydroxylation is 1. The zero-order chi connectivity index (χ0) is 13.7. The minimum atomic E-state index is 0.00276. The number of carbonyl (C=O) groups excluding carboxylic acids is 1. The second kappa shape index (κ2) is 6.38. The molecule has 0 radical (unpaired) electrons. The van der Waals surface area contributed by atoms with E-state index in [9.17, 15) is 4.79 Å². The molecular formula is C14H16ClN3O. The number of carbonyl (C=O) groups is 1. The molecule has 1 heterocycles. The highest BCUT2D eigenvalue weighted by Gasteiger charge is 2.09. The number of amides is 1. The van der Waals surface area contributed by atoms with Gasteiger partial charge in [-0.3, -0.25) is 9.48 Å². The van der Waals surface area contributed by atoms with Crippen LogP contribution in [0.25, 0.3) is 0 Å². The summed E-state index contributed by atoms with van der Waals surface area (Å²) in [7, 11) is 0. The zero-order valence-corrected chi connectivity index (χ0v) is 11.5. The lowest BCUT2D eigenvalue weighted by Gasteiger charge is -2.14. The van der Waals surface area contributed by atoms with Crippen molar-refractivity contribution in [3.63, 3.8) is 0 Å². The van der Waals surface area contributed by atoms with Gasteiger partial charge in [-0.15, -0.1) is 0 Å². The summed E-state index contributed by atoms with van der Waals surface area (Å²) in [4.78, 5) is 11.8. The topological polar surface area (TPSA) is 46.9 Å². The van der Waals surface area contributed by atoms with Crippen LogP contribution in [-0.2, 0) is 11.3 Å². The van der Waals surface area contributed by atoms with Crippen LogP contribution in [0, 0.1) is 0 Å². The third-order valence-electron chi connectivity index (χ3n) is 2.85. The Balaban J connectivity index is 1.81. The summed E-state index contributed by atoms with van der Waals surface area (Å²) in [5.74, 6) is 0.00276. The number of hydrogen-bond donors (Lipinski definition) is 1. The van der Waals surface area contributed by atoms with Gasteiger partial charge >= 0.3 is 0 Å². The van der Waals surface area contributed by atoms with E-state index in [2.05, 4.69) is 10.4 Å². The summed E-state index contributed by atoms with van der Waals surface area (Å²) in [5.41, 5.74) is 1.10. The standard InChI is InChI=1S/C14H16ClN3O/c1-11(12-5-3-2-4-6-12)17-14(19)7-8-18-10-13(15)9-16-18/h2-6,9-11H,7-8H2,1H3,(H,17,19). The Bertz CT molecular complexity index is 539. The van der Waals surface area contributed by atoms with Crippen LogP contribution in [0.1, 0.15) is 24.9 Å². The van der Waals surface area contributed by atoms with Crippen LogP contribution < -0.4 is 5.32 Å². The van der Waals surface area contributed by atoms with Gasteiger partial charge in [0.2, 0.25) is 5.91 Å². The van der Waals surface area contributed by atoms with Gasteiger partial charge in [-0.05, 0) is 12.5 Å². The summed E-state index contributed by atoms with van der Waals surface area (Å²) in [6.07, 6.45) is 3.65. The van der Waals surface area contributed by atoms with Gasteiger partial charge in [-0.25, -0.2) is 0 Å². The van der Waals surface area contributed by atoms with Gasteiger partial charge in [0.15, 0.2) is 0 Å². The summed E-state index contributed by atoms with van der Waals surface area (Å²) in [6.45, 7) is 2.50. The average molecular weight is 278 g/mol. The van der Waals surface area contributed by atoms with E-state index in [1.54, 1.807) is 17.1 Å². The van der Waals surface area contributed by atoms with Crippen molar-refractivity contribution in [1.29, 1.82) is 0 Å². The molecule has 1 aromatic heterocycles. The van der Waals surface area contributed by atoms with Crippen molar-refractivity contribution < 1.29 is 4.79 Å². The molecule has 5 heteroatoms. The highest BCUT2D eigenvalue weighted by atomic mass is 35.5. The summed E-state index contributed by atoms with van der Waals surface area (Å²) < 4.78 is 1.66. The van der Waals surface area contributed by atoms with Crippen molar-refractivity contribution in [2.45, 2.75) is 25.9 Å². The normalized spacial score (nSPS) is 12.1. The summed E-state index contributed by atoms with van der Waals surface area (Å²) in [6, 6.07) is 9.89. The molecule has 0 saturated carbocycles. The van der Waals surface area contributed by atoms with E-state index in [0.717, 1.165) is 5.56 Å². The fraction of sp³-hybridized carbons (Fsp3) is 0.286. The lowest BCUT2D eigenvalue weighted by atomic mass is 10.1. The van der Waals surface area contributed by atoms with E-state index in [-0.39, 0.29) is 11.9 Å². The van der Waals surface area contributed by atoms with Gasteiger partial charge in [0.1, 0.15) is 0 Å². The van der Waals surface area contributed by atoms with Gasteiger partial charge in [-0.2, -0.15) is 5.10 Å². The molecule has 19 heavy (non-hydrogen) atoms. The van der Waals surface area contributed by atoms with Crippen molar-refractivity contribution in [1.82, 2.24) is 15.1 Å². The summed E-state index contributed by atoms with van der Waals surface area (Å²) >= 11 is 5.76. The van der Waals surface area contributed by atoms with Crippen LogP contribution in [0.2, 0.25) is 5.02 Å². The Hall–Kier alpha value is -1.81. The largest absolute Gasteiger partial charge is 0.350 e. The maximum Gasteiger partial charge on any atom is 0.222 e. The maximum absolute atomic E-state index is 11.8. The van der Waals surface area contributed by atoms with Crippen LogP contribution in [0.15, 0.2) is 42.7 Å². The summed E-state index contributed by atoms with van der Waals surface area (Å²) in [5, 5.41) is 7.57. The molecule has 1 amide bonds. The molecule has 1 N–H and O–H groups in total. The first-order valence-electron chi connectivity index (χ1n) is 6.17. The molecule has 2 aromatic rings. The molecule has 0 spiro atoms. The Morgan fingerprint density at radius 2 is 2.16 bits per heavy atom. The first-order valence-corrected chi connectivity index (χ1v) is 6.55. The molecule has 0 fully saturated rings. The van der Waals surface area contributed by atoms with Crippen LogP contribution >= 0.6 is 11.6 Å². The molecule has 100 valence electrons. The van der Waals surface area contributed by atoms with Crippen LogP contribution in [-0.4, -0.2) is 15.7 Å². The molecule has 2 rings (SSSR count). The van der Waals surface area contributed by atoms with Gasteiger partial charge < -0.3 is 5.32 Å². The smallest absolute Gasteiger partial charge is 0.222 e. The number of hydrogen-bond acceptors (Lipinski definition) is 2. The lowest BCUT2D eigenvalue weighted by molar-refractivity contribution is -0.122. The predicted molar refractivity (Wildman–Crippen MR) is 74.9 cm³/mol. The number of nitrogens with one attached hydrogen (secondary N) is 1. The SMILES string of the molecule is CC(NC(=O)CCn1cc(Cl)cn1)c1ccccc1. The van der Waals surface area contributed by atoms with Crippen LogP contribution in [0.5, 0.6) is 0 Å². The highest BCUT2D eigenvalue weighted by molar-refractivity contribution is 6.30. The van der Waals surface area contributed by atoms with E-state index in [4.69, 9.17) is 11.6 Å². The van der Waals surface area contributed by atoms with E-state index in [1.165, 1.54) is 0 Å². The van der Waals surface area contributed by atoms with Crippen molar-refractivity contribution >= 4 is 17.5 Å². The molecule has 1 aromatic carbocycles. The van der Waals surface area contributed by atoms with E-state index < -0.39 is 0 Å². The second-order valence-electron chi connectivity index (χ2n) is 4.37. The molecule has 1 atom stereocenters. The average Bonchev–Trinajstić information content (AvgIpc) is 2.83. The van der Waals surface area contributed by atoms with Crippen LogP contribution in [0.3, 0.4) is 0 Å². The number of aromatic nitrogens is 2. The predicted octanol–water partition coefficient (Wildman–Crippen LogP) is 2.80. The highest BCUT2D eigenvalue weighted by Crippen LogP contribution is 2.11. The van der Waals surface area contributed by atoms with Crippen molar-refractivity contribution in [2.24, 2.45) is 0 Å². The third kappa shape index (κ3) is 4.10. The second-order valence-corrected chi connectivity index (χ2v) is 4.81. The first-order chi connectivity index (χ1) is 9.15. The minimum Gasteiger partial charge on any atom is -0.350 e. The number of nitrogens with zero attached hydrogens (tertiary/aromatic N) is 2. The van der Waals surface area contributed by atoms with Crippen molar-refractivity contribution in [2.75, 3.05) is 0 Å². The number of halogens is 1. The first kappa shape index (κ1) is 13.6. The molecule has 0 bridgehead atoms. The van der Waals surface area contributed by atoms with Gasteiger partial charge in [-0.1, -0.05) is 41.9 Å². The molecule has 0 aliphatic heterocycles. The Labute approximate surface area is 117 Å². The minimum absolute atomic E-state index is 0.00276. The van der Waals surface area contributed by atoms with Crippen molar-refractivity contribution in [3.8, 4) is 0 Å². The fourth-order valence-corrected chi connectivity index (χ4v) is 1.97. The molecule has 0 aliphatic carbocycles. The Morgan fingerprint density at radius 1 is 1.42 bits per heavy atom. The van der Waals surface area contributed by atoms with Crippen LogP contribution in [0.4, 0.5) is 0 Å². The van der Waals surface area contributed by atoms with Gasteiger partial charge in [0, 0.05) is 19.2 Å².